The highest BCUT2D eigenvalue weighted by atomic mass is 19.1. The summed E-state index contributed by atoms with van der Waals surface area (Å²) in [7, 11) is 0. The number of pyridine rings is 1. The highest BCUT2D eigenvalue weighted by Gasteiger charge is 2.00. The second-order valence-electron chi connectivity index (χ2n) is 4.17. The average Bonchev–Trinajstić information content (AvgIpc) is 2.20. The van der Waals surface area contributed by atoms with Crippen molar-refractivity contribution in [2.75, 3.05) is 13.1 Å². The van der Waals surface area contributed by atoms with Crippen LogP contribution in [0.5, 0.6) is 0 Å². The third-order valence-electron chi connectivity index (χ3n) is 2.21. The molecule has 0 saturated heterocycles. The van der Waals surface area contributed by atoms with E-state index in [0.29, 0.717) is 5.92 Å². The normalized spacial score (nSPS) is 10.9. The highest BCUT2D eigenvalue weighted by molar-refractivity contribution is 5.12. The lowest BCUT2D eigenvalue weighted by molar-refractivity contribution is 0.537. The van der Waals surface area contributed by atoms with Crippen LogP contribution in [0.2, 0.25) is 0 Å². The molecule has 1 rings (SSSR count). The number of nitrogens with zero attached hydrogens (tertiary/aromatic N) is 1. The smallest absolute Gasteiger partial charge is 0.144 e. The van der Waals surface area contributed by atoms with Gasteiger partial charge in [0.1, 0.15) is 5.82 Å². The van der Waals surface area contributed by atoms with Crippen molar-refractivity contribution < 1.29 is 4.39 Å². The number of hydrogen-bond acceptors (Lipinski definition) is 2. The van der Waals surface area contributed by atoms with Gasteiger partial charge in [-0.15, -0.1) is 0 Å². The fraction of sp³-hybridized carbons (Fsp3) is 0.583. The molecule has 0 atom stereocenters. The van der Waals surface area contributed by atoms with Crippen LogP contribution in [0.1, 0.15) is 25.8 Å². The van der Waals surface area contributed by atoms with Crippen LogP contribution in [-0.4, -0.2) is 18.1 Å². The Kier molecular flexibility index (Phi) is 5.26. The average molecular weight is 210 g/mol. The van der Waals surface area contributed by atoms with Gasteiger partial charge in [-0.2, -0.15) is 0 Å². The van der Waals surface area contributed by atoms with Crippen molar-refractivity contribution in [3.05, 3.63) is 29.8 Å². The summed E-state index contributed by atoms with van der Waals surface area (Å²) in [6.07, 6.45) is 4.66. The van der Waals surface area contributed by atoms with Gasteiger partial charge in [0.25, 0.3) is 0 Å². The molecule has 0 aliphatic carbocycles. The van der Waals surface area contributed by atoms with E-state index in [4.69, 9.17) is 0 Å². The van der Waals surface area contributed by atoms with Crippen molar-refractivity contribution in [1.82, 2.24) is 10.3 Å². The predicted octanol–water partition coefficient (Wildman–Crippen LogP) is 2.40. The quantitative estimate of drug-likeness (QED) is 0.729. The zero-order chi connectivity index (χ0) is 11.1. The number of aromatic nitrogens is 1. The predicted molar refractivity (Wildman–Crippen MR) is 60.2 cm³/mol. The van der Waals surface area contributed by atoms with E-state index in [9.17, 15) is 4.39 Å². The van der Waals surface area contributed by atoms with E-state index < -0.39 is 0 Å². The summed E-state index contributed by atoms with van der Waals surface area (Å²) < 4.78 is 13.1. The molecule has 3 heteroatoms. The molecule has 0 radical (unpaired) electrons. The van der Waals surface area contributed by atoms with Gasteiger partial charge in [0.05, 0.1) is 6.20 Å². The minimum Gasteiger partial charge on any atom is -0.316 e. The molecule has 15 heavy (non-hydrogen) atoms. The van der Waals surface area contributed by atoms with E-state index >= 15 is 0 Å². The monoisotopic (exact) mass is 210 g/mol. The first-order chi connectivity index (χ1) is 7.20. The lowest BCUT2D eigenvalue weighted by atomic mass is 10.1. The Labute approximate surface area is 90.9 Å². The van der Waals surface area contributed by atoms with Gasteiger partial charge in [-0.25, -0.2) is 4.39 Å². The maximum Gasteiger partial charge on any atom is 0.144 e. The van der Waals surface area contributed by atoms with Crippen molar-refractivity contribution in [1.29, 1.82) is 0 Å². The zero-order valence-corrected chi connectivity index (χ0v) is 9.46. The van der Waals surface area contributed by atoms with Crippen molar-refractivity contribution >= 4 is 0 Å². The molecule has 1 aromatic rings. The van der Waals surface area contributed by atoms with Crippen molar-refractivity contribution in [3.63, 3.8) is 0 Å². The summed E-state index contributed by atoms with van der Waals surface area (Å²) in [5.74, 6) is 0.476. The van der Waals surface area contributed by atoms with Crippen LogP contribution in [0.25, 0.3) is 0 Å². The van der Waals surface area contributed by atoms with Gasteiger partial charge in [-0.3, -0.25) is 4.98 Å². The molecule has 0 spiro atoms. The molecule has 84 valence electrons. The van der Waals surface area contributed by atoms with Gasteiger partial charge in [0, 0.05) is 6.20 Å². The Balaban J connectivity index is 2.18. The minimum absolute atomic E-state index is 0.193. The first kappa shape index (κ1) is 12.1. The summed E-state index contributed by atoms with van der Waals surface area (Å²) >= 11 is 0. The van der Waals surface area contributed by atoms with Crippen LogP contribution >= 0.6 is 0 Å². The van der Waals surface area contributed by atoms with Gasteiger partial charge < -0.3 is 5.32 Å². The molecule has 1 N–H and O–H groups in total. The molecule has 0 saturated carbocycles. The Hall–Kier alpha value is -0.960. The Morgan fingerprint density at radius 1 is 1.47 bits per heavy atom. The largest absolute Gasteiger partial charge is 0.316 e. The van der Waals surface area contributed by atoms with Gasteiger partial charge >= 0.3 is 0 Å². The Bertz CT molecular complexity index is 287. The fourth-order valence-corrected chi connectivity index (χ4v) is 1.40. The number of hydrogen-bond donors (Lipinski definition) is 1. The molecule has 2 nitrogen and oxygen atoms in total. The molecule has 0 unspecified atom stereocenters. The summed E-state index contributed by atoms with van der Waals surface area (Å²) in [5, 5.41) is 3.34. The molecule has 0 aliphatic heterocycles. The van der Waals surface area contributed by atoms with Crippen LogP contribution in [0.4, 0.5) is 4.39 Å². The third-order valence-corrected chi connectivity index (χ3v) is 2.21. The lowest BCUT2D eigenvalue weighted by Crippen LogP contribution is -2.21. The van der Waals surface area contributed by atoms with Crippen molar-refractivity contribution in [3.8, 4) is 0 Å². The number of rotatable bonds is 6. The molecule has 0 aromatic carbocycles. The van der Waals surface area contributed by atoms with Crippen LogP contribution in [0.15, 0.2) is 18.5 Å². The van der Waals surface area contributed by atoms with Gasteiger partial charge in [0.15, 0.2) is 0 Å². The van der Waals surface area contributed by atoms with Crippen LogP contribution in [-0.2, 0) is 6.42 Å². The number of nitrogens with one attached hydrogen (secondary N) is 1. The van der Waals surface area contributed by atoms with Crippen LogP contribution in [0, 0.1) is 11.7 Å². The van der Waals surface area contributed by atoms with Crippen molar-refractivity contribution in [2.45, 2.75) is 26.7 Å². The lowest BCUT2D eigenvalue weighted by Gasteiger charge is -2.07. The van der Waals surface area contributed by atoms with E-state index in [1.165, 1.54) is 6.20 Å². The Morgan fingerprint density at radius 2 is 2.27 bits per heavy atom. The molecule has 0 amide bonds. The first-order valence-electron chi connectivity index (χ1n) is 5.49. The van der Waals surface area contributed by atoms with E-state index in [1.807, 2.05) is 0 Å². The topological polar surface area (TPSA) is 24.9 Å². The summed E-state index contributed by atoms with van der Waals surface area (Å²) in [5.41, 5.74) is 0.761. The van der Waals surface area contributed by atoms with E-state index in [0.717, 1.165) is 31.5 Å². The SMILES string of the molecule is CC(C)CNCCCc1ccncc1F. The van der Waals surface area contributed by atoms with E-state index in [2.05, 4.69) is 24.1 Å². The van der Waals surface area contributed by atoms with Gasteiger partial charge in [-0.1, -0.05) is 13.8 Å². The van der Waals surface area contributed by atoms with Crippen molar-refractivity contribution in [2.24, 2.45) is 5.92 Å². The van der Waals surface area contributed by atoms with E-state index in [-0.39, 0.29) is 5.82 Å². The molecular formula is C12H19FN2. The minimum atomic E-state index is -0.193. The summed E-state index contributed by atoms with van der Waals surface area (Å²) in [6, 6.07) is 1.75. The van der Waals surface area contributed by atoms with E-state index in [1.54, 1.807) is 12.3 Å². The Morgan fingerprint density at radius 3 is 2.93 bits per heavy atom. The fourth-order valence-electron chi connectivity index (χ4n) is 1.40. The molecule has 0 aliphatic rings. The summed E-state index contributed by atoms with van der Waals surface area (Å²) in [4.78, 5) is 3.72. The summed E-state index contributed by atoms with van der Waals surface area (Å²) in [6.45, 7) is 6.32. The second kappa shape index (κ2) is 6.51. The van der Waals surface area contributed by atoms with Crippen LogP contribution < -0.4 is 5.32 Å². The maximum absolute atomic E-state index is 13.1. The molecule has 1 heterocycles. The first-order valence-corrected chi connectivity index (χ1v) is 5.49. The van der Waals surface area contributed by atoms with Gasteiger partial charge in [-0.05, 0) is 43.5 Å². The highest BCUT2D eigenvalue weighted by Crippen LogP contribution is 2.06. The molecule has 0 fully saturated rings. The second-order valence-corrected chi connectivity index (χ2v) is 4.17. The number of aryl methyl sites for hydroxylation is 1. The molecule has 0 bridgehead atoms. The molecule has 1 aromatic heterocycles. The maximum atomic E-state index is 13.1. The standard InChI is InChI=1S/C12H19FN2/c1-10(2)8-14-6-3-4-11-5-7-15-9-12(11)13/h5,7,9-10,14H,3-4,6,8H2,1-2H3. The third kappa shape index (κ3) is 4.88. The molecular weight excluding hydrogens is 191 g/mol. The van der Waals surface area contributed by atoms with Crippen LogP contribution in [0.3, 0.4) is 0 Å². The number of halogens is 1. The zero-order valence-electron chi connectivity index (χ0n) is 9.46. The van der Waals surface area contributed by atoms with Gasteiger partial charge in [0.2, 0.25) is 0 Å².